The first-order chi connectivity index (χ1) is 17.9. The maximum absolute atomic E-state index is 12.0. The third kappa shape index (κ3) is 7.37. The van der Waals surface area contributed by atoms with Crippen LogP contribution >= 0.6 is 11.6 Å². The Kier molecular flexibility index (Phi) is 9.68. The van der Waals surface area contributed by atoms with E-state index in [1.54, 1.807) is 13.2 Å². The van der Waals surface area contributed by atoms with Crippen molar-refractivity contribution in [1.29, 1.82) is 0 Å². The van der Waals surface area contributed by atoms with E-state index >= 15 is 0 Å². The highest BCUT2D eigenvalue weighted by atomic mass is 35.5. The number of benzene rings is 2. The van der Waals surface area contributed by atoms with Gasteiger partial charge in [-0.25, -0.2) is 0 Å². The lowest BCUT2D eigenvalue weighted by Crippen LogP contribution is -2.38. The van der Waals surface area contributed by atoms with E-state index in [4.69, 9.17) is 26.8 Å². The Bertz CT molecular complexity index is 1030. The van der Waals surface area contributed by atoms with Gasteiger partial charge in [0.05, 0.1) is 25.2 Å². The van der Waals surface area contributed by atoms with E-state index < -0.39 is 0 Å². The van der Waals surface area contributed by atoms with Crippen LogP contribution in [0.15, 0.2) is 36.4 Å². The maximum atomic E-state index is 12.0. The van der Waals surface area contributed by atoms with Crippen LogP contribution in [0.25, 0.3) is 0 Å². The lowest BCUT2D eigenvalue weighted by atomic mass is 9.75. The molecular weight excluding hydrogens is 490 g/mol. The highest BCUT2D eigenvalue weighted by molar-refractivity contribution is 6.30. The Morgan fingerprint density at radius 2 is 1.49 bits per heavy atom. The summed E-state index contributed by atoms with van der Waals surface area (Å²) in [6.45, 7) is 1.17. The molecule has 0 heterocycles. The third-order valence-corrected chi connectivity index (χ3v) is 8.60. The Hall–Kier alpha value is -2.35. The first kappa shape index (κ1) is 27.7. The largest absolute Gasteiger partial charge is 0.493 e. The molecular formula is C29H40ClN3O4. The number of hydrogen-bond acceptors (Lipinski definition) is 6. The highest BCUT2D eigenvalue weighted by Crippen LogP contribution is 2.39. The van der Waals surface area contributed by atoms with Gasteiger partial charge in [-0.1, -0.05) is 23.7 Å². The lowest BCUT2D eigenvalue weighted by Gasteiger charge is -2.38. The van der Waals surface area contributed by atoms with Gasteiger partial charge in [-0.2, -0.15) is 0 Å². The molecule has 4 rings (SSSR count). The van der Waals surface area contributed by atoms with E-state index in [-0.39, 0.29) is 10.6 Å². The molecule has 7 nitrogen and oxygen atoms in total. The average Bonchev–Trinajstić information content (AvgIpc) is 2.91. The molecule has 202 valence electrons. The zero-order valence-electron chi connectivity index (χ0n) is 22.0. The van der Waals surface area contributed by atoms with Crippen molar-refractivity contribution in [1.82, 2.24) is 4.90 Å². The Morgan fingerprint density at radius 3 is 2.05 bits per heavy atom. The quantitative estimate of drug-likeness (QED) is 0.271. The maximum Gasteiger partial charge on any atom is 0.277 e. The third-order valence-electron chi connectivity index (χ3n) is 8.34. The minimum atomic E-state index is -0.329. The van der Waals surface area contributed by atoms with E-state index in [1.807, 2.05) is 24.3 Å². The molecule has 2 aromatic rings. The fourth-order valence-electron chi connectivity index (χ4n) is 6.21. The number of hydrogen-bond donors (Lipinski definition) is 1. The van der Waals surface area contributed by atoms with Gasteiger partial charge in [0, 0.05) is 35.8 Å². The molecule has 8 heteroatoms. The van der Waals surface area contributed by atoms with Crippen LogP contribution in [-0.2, 0) is 13.1 Å². The van der Waals surface area contributed by atoms with Gasteiger partial charge in [-0.05, 0) is 93.4 Å². The minimum Gasteiger partial charge on any atom is -0.493 e. The van der Waals surface area contributed by atoms with Crippen LogP contribution in [0.3, 0.4) is 0 Å². The van der Waals surface area contributed by atoms with Crippen LogP contribution in [0, 0.1) is 22.0 Å². The molecule has 0 aromatic heterocycles. The topological polar surface area (TPSA) is 90.9 Å². The molecule has 2 N–H and O–H groups in total. The molecule has 0 radical (unpaired) electrons. The number of halogens is 1. The second kappa shape index (κ2) is 12.9. The van der Waals surface area contributed by atoms with Gasteiger partial charge >= 0.3 is 0 Å². The fourth-order valence-corrected chi connectivity index (χ4v) is 6.33. The second-order valence-electron chi connectivity index (χ2n) is 10.8. The second-order valence-corrected chi connectivity index (χ2v) is 11.3. The van der Waals surface area contributed by atoms with Crippen molar-refractivity contribution >= 4 is 17.3 Å². The van der Waals surface area contributed by atoms with E-state index in [9.17, 15) is 10.1 Å². The number of nitrogens with zero attached hydrogens (tertiary/aromatic N) is 2. The monoisotopic (exact) mass is 529 g/mol. The average molecular weight is 530 g/mol. The van der Waals surface area contributed by atoms with E-state index in [2.05, 4.69) is 4.90 Å². The first-order valence-corrected chi connectivity index (χ1v) is 13.9. The van der Waals surface area contributed by atoms with E-state index in [0.717, 1.165) is 30.2 Å². The molecule has 0 aliphatic heterocycles. The summed E-state index contributed by atoms with van der Waals surface area (Å²) >= 11 is 6.13. The molecule has 0 saturated heterocycles. The SMILES string of the molecule is COc1cc(CN(Cc2ccc(Cl)cc2)C2CCC(CC3CCC(N)CC3)CC2)c([N+](=O)[O-])cc1OC. The summed E-state index contributed by atoms with van der Waals surface area (Å²) < 4.78 is 10.8. The summed E-state index contributed by atoms with van der Waals surface area (Å²) in [6.07, 6.45) is 10.8. The van der Waals surface area contributed by atoms with Crippen LogP contribution in [-0.4, -0.2) is 36.1 Å². The number of ether oxygens (including phenoxy) is 2. The van der Waals surface area contributed by atoms with Gasteiger partial charge in [-0.3, -0.25) is 15.0 Å². The minimum absolute atomic E-state index is 0.0583. The standard InChI is InChI=1S/C29H40ClN3O4/c1-36-28-16-23(27(33(34)35)17-29(28)37-2)19-32(18-22-3-9-24(30)10-4-22)26-13-7-21(8-14-26)15-20-5-11-25(31)12-6-20/h3-4,9-10,16-17,20-21,25-26H,5-8,11-15,18-19,31H2,1-2H3. The number of methoxy groups -OCH3 is 2. The van der Waals surface area contributed by atoms with Gasteiger partial charge < -0.3 is 15.2 Å². The molecule has 0 unspecified atom stereocenters. The molecule has 2 saturated carbocycles. The molecule has 2 fully saturated rings. The number of nitro benzene ring substituents is 1. The predicted molar refractivity (Wildman–Crippen MR) is 147 cm³/mol. The van der Waals surface area contributed by atoms with Crippen LogP contribution in [0.1, 0.15) is 68.9 Å². The van der Waals surface area contributed by atoms with Crippen molar-refractivity contribution < 1.29 is 14.4 Å². The molecule has 37 heavy (non-hydrogen) atoms. The van der Waals surface area contributed by atoms with Crippen LogP contribution in [0.2, 0.25) is 5.02 Å². The molecule has 0 amide bonds. The Labute approximate surface area is 225 Å². The molecule has 2 aliphatic carbocycles. The molecule has 0 atom stereocenters. The number of nitrogens with two attached hydrogens (primary N) is 1. The van der Waals surface area contributed by atoms with Crippen LogP contribution in [0.4, 0.5) is 5.69 Å². The predicted octanol–water partition coefficient (Wildman–Crippen LogP) is 6.73. The summed E-state index contributed by atoms with van der Waals surface area (Å²) in [6, 6.07) is 11.9. The van der Waals surface area contributed by atoms with E-state index in [0.29, 0.717) is 47.3 Å². The highest BCUT2D eigenvalue weighted by Gasteiger charge is 2.30. The lowest BCUT2D eigenvalue weighted by molar-refractivity contribution is -0.385. The molecule has 2 aromatic carbocycles. The van der Waals surface area contributed by atoms with Crippen molar-refractivity contribution in [3.05, 3.63) is 62.7 Å². The zero-order chi connectivity index (χ0) is 26.4. The molecule has 0 bridgehead atoms. The van der Waals surface area contributed by atoms with Gasteiger partial charge in [0.1, 0.15) is 0 Å². The van der Waals surface area contributed by atoms with Crippen molar-refractivity contribution in [2.45, 2.75) is 83.0 Å². The summed E-state index contributed by atoms with van der Waals surface area (Å²) in [5, 5.41) is 12.7. The van der Waals surface area contributed by atoms with Crippen LogP contribution < -0.4 is 15.2 Å². The first-order valence-electron chi connectivity index (χ1n) is 13.5. The molecule has 0 spiro atoms. The summed E-state index contributed by atoms with van der Waals surface area (Å²) in [4.78, 5) is 14.0. The van der Waals surface area contributed by atoms with E-state index in [1.165, 1.54) is 58.1 Å². The Morgan fingerprint density at radius 1 is 0.919 bits per heavy atom. The van der Waals surface area contributed by atoms with Crippen molar-refractivity contribution in [2.75, 3.05) is 14.2 Å². The number of rotatable bonds is 10. The van der Waals surface area contributed by atoms with Gasteiger partial charge in [0.25, 0.3) is 5.69 Å². The zero-order valence-corrected chi connectivity index (χ0v) is 22.8. The van der Waals surface area contributed by atoms with Crippen molar-refractivity contribution in [3.8, 4) is 11.5 Å². The number of nitro groups is 1. The normalized spacial score (nSPS) is 24.1. The smallest absolute Gasteiger partial charge is 0.277 e. The van der Waals surface area contributed by atoms with Crippen molar-refractivity contribution in [2.24, 2.45) is 17.6 Å². The molecule has 2 aliphatic rings. The fraction of sp³-hybridized carbons (Fsp3) is 0.586. The van der Waals surface area contributed by atoms with Crippen molar-refractivity contribution in [3.63, 3.8) is 0 Å². The summed E-state index contributed by atoms with van der Waals surface area (Å²) in [5.74, 6) is 2.46. The Balaban J connectivity index is 1.50. The van der Waals surface area contributed by atoms with Gasteiger partial charge in [-0.15, -0.1) is 0 Å². The van der Waals surface area contributed by atoms with Crippen LogP contribution in [0.5, 0.6) is 11.5 Å². The summed E-state index contributed by atoms with van der Waals surface area (Å²) in [7, 11) is 3.05. The van der Waals surface area contributed by atoms with Gasteiger partial charge in [0.15, 0.2) is 11.5 Å². The van der Waals surface area contributed by atoms with Gasteiger partial charge in [0.2, 0.25) is 0 Å². The summed E-state index contributed by atoms with van der Waals surface area (Å²) in [5.41, 5.74) is 7.95.